The Bertz CT molecular complexity index is 870. The molecule has 110 valence electrons. The Kier molecular flexibility index (Phi) is 3.98. The van der Waals surface area contributed by atoms with E-state index in [2.05, 4.69) is 10.3 Å². The maximum atomic E-state index is 13.0. The maximum absolute atomic E-state index is 13.0. The SMILES string of the molecule is Cc1nc2ccc(NC(=O)/C=C/c3cccc(F)c3)cc2s1. The van der Waals surface area contributed by atoms with E-state index in [4.69, 9.17) is 0 Å². The van der Waals surface area contributed by atoms with Crippen LogP contribution in [-0.4, -0.2) is 10.9 Å². The Labute approximate surface area is 131 Å². The summed E-state index contributed by atoms with van der Waals surface area (Å²) in [6.07, 6.45) is 2.96. The topological polar surface area (TPSA) is 42.0 Å². The van der Waals surface area contributed by atoms with Crippen LogP contribution in [-0.2, 0) is 4.79 Å². The molecule has 1 heterocycles. The number of benzene rings is 2. The molecule has 1 aromatic heterocycles. The van der Waals surface area contributed by atoms with Gasteiger partial charge in [0.25, 0.3) is 0 Å². The van der Waals surface area contributed by atoms with Gasteiger partial charge in [0.2, 0.25) is 5.91 Å². The molecule has 0 aliphatic heterocycles. The van der Waals surface area contributed by atoms with Gasteiger partial charge < -0.3 is 5.32 Å². The molecule has 3 aromatic rings. The van der Waals surface area contributed by atoms with Crippen LogP contribution in [0.5, 0.6) is 0 Å². The smallest absolute Gasteiger partial charge is 0.248 e. The van der Waals surface area contributed by atoms with E-state index < -0.39 is 0 Å². The summed E-state index contributed by atoms with van der Waals surface area (Å²) >= 11 is 1.58. The Hall–Kier alpha value is -2.53. The van der Waals surface area contributed by atoms with Crippen molar-refractivity contribution in [3.63, 3.8) is 0 Å². The van der Waals surface area contributed by atoms with E-state index in [1.54, 1.807) is 29.5 Å². The molecule has 0 aliphatic rings. The largest absolute Gasteiger partial charge is 0.322 e. The lowest BCUT2D eigenvalue weighted by molar-refractivity contribution is -0.111. The average molecular weight is 312 g/mol. The van der Waals surface area contributed by atoms with E-state index in [1.165, 1.54) is 18.2 Å². The predicted octanol–water partition coefficient (Wildman–Crippen LogP) is 4.40. The van der Waals surface area contributed by atoms with Crippen LogP contribution in [0, 0.1) is 12.7 Å². The number of aromatic nitrogens is 1. The summed E-state index contributed by atoms with van der Waals surface area (Å²) < 4.78 is 14.1. The van der Waals surface area contributed by atoms with E-state index in [9.17, 15) is 9.18 Å². The number of fused-ring (bicyclic) bond motifs is 1. The van der Waals surface area contributed by atoms with Crippen molar-refractivity contribution >= 4 is 39.2 Å². The molecule has 0 radical (unpaired) electrons. The number of anilines is 1. The second kappa shape index (κ2) is 6.07. The highest BCUT2D eigenvalue weighted by atomic mass is 32.1. The minimum absolute atomic E-state index is 0.259. The number of nitrogens with one attached hydrogen (secondary N) is 1. The molecule has 22 heavy (non-hydrogen) atoms. The number of carbonyl (C=O) groups is 1. The summed E-state index contributed by atoms with van der Waals surface area (Å²) in [5.41, 5.74) is 2.28. The minimum Gasteiger partial charge on any atom is -0.322 e. The van der Waals surface area contributed by atoms with Crippen LogP contribution < -0.4 is 5.32 Å². The normalized spacial score (nSPS) is 11.2. The van der Waals surface area contributed by atoms with Gasteiger partial charge in [-0.25, -0.2) is 9.37 Å². The second-order valence-corrected chi connectivity index (χ2v) is 6.03. The molecule has 0 fully saturated rings. The first-order valence-corrected chi connectivity index (χ1v) is 7.54. The molecular weight excluding hydrogens is 299 g/mol. The number of aryl methyl sites for hydroxylation is 1. The highest BCUT2D eigenvalue weighted by molar-refractivity contribution is 7.18. The monoisotopic (exact) mass is 312 g/mol. The second-order valence-electron chi connectivity index (χ2n) is 4.79. The number of amides is 1. The summed E-state index contributed by atoms with van der Waals surface area (Å²) in [5.74, 6) is -0.585. The molecule has 1 N–H and O–H groups in total. The van der Waals surface area contributed by atoms with Crippen molar-refractivity contribution in [2.75, 3.05) is 5.32 Å². The van der Waals surface area contributed by atoms with E-state index in [-0.39, 0.29) is 11.7 Å². The van der Waals surface area contributed by atoms with Gasteiger partial charge in [0.15, 0.2) is 0 Å². The van der Waals surface area contributed by atoms with Gasteiger partial charge in [-0.1, -0.05) is 12.1 Å². The van der Waals surface area contributed by atoms with Gasteiger partial charge in [-0.05, 0) is 48.9 Å². The van der Waals surface area contributed by atoms with Gasteiger partial charge in [-0.3, -0.25) is 4.79 Å². The van der Waals surface area contributed by atoms with Crippen molar-refractivity contribution in [3.8, 4) is 0 Å². The van der Waals surface area contributed by atoms with Crippen LogP contribution in [0.3, 0.4) is 0 Å². The fraction of sp³-hybridized carbons (Fsp3) is 0.0588. The molecular formula is C17H13FN2OS. The number of halogens is 1. The zero-order valence-corrected chi connectivity index (χ0v) is 12.7. The summed E-state index contributed by atoms with van der Waals surface area (Å²) in [7, 11) is 0. The molecule has 0 aliphatic carbocycles. The molecule has 0 saturated carbocycles. The third-order valence-corrected chi connectivity index (χ3v) is 3.97. The Morgan fingerprint density at radius 1 is 1.27 bits per heavy atom. The highest BCUT2D eigenvalue weighted by Gasteiger charge is 2.03. The lowest BCUT2D eigenvalue weighted by atomic mass is 10.2. The first-order chi connectivity index (χ1) is 10.6. The molecule has 0 unspecified atom stereocenters. The first kappa shape index (κ1) is 14.4. The van der Waals surface area contributed by atoms with Crippen LogP contribution >= 0.6 is 11.3 Å². The van der Waals surface area contributed by atoms with Crippen molar-refractivity contribution in [3.05, 3.63) is 64.9 Å². The number of thiazole rings is 1. The van der Waals surface area contributed by atoms with Gasteiger partial charge >= 0.3 is 0 Å². The quantitative estimate of drug-likeness (QED) is 0.729. The summed E-state index contributed by atoms with van der Waals surface area (Å²) in [5, 5.41) is 3.78. The summed E-state index contributed by atoms with van der Waals surface area (Å²) in [4.78, 5) is 16.3. The average Bonchev–Trinajstić information content (AvgIpc) is 2.84. The number of hydrogen-bond donors (Lipinski definition) is 1. The van der Waals surface area contributed by atoms with Gasteiger partial charge in [0, 0.05) is 11.8 Å². The fourth-order valence-electron chi connectivity index (χ4n) is 2.08. The zero-order chi connectivity index (χ0) is 15.5. The van der Waals surface area contributed by atoms with Gasteiger partial charge in [-0.15, -0.1) is 11.3 Å². The van der Waals surface area contributed by atoms with Gasteiger partial charge in [0.05, 0.1) is 15.2 Å². The van der Waals surface area contributed by atoms with Crippen molar-refractivity contribution in [1.29, 1.82) is 0 Å². The number of hydrogen-bond acceptors (Lipinski definition) is 3. The van der Waals surface area contributed by atoms with Crippen molar-refractivity contribution in [2.45, 2.75) is 6.92 Å². The maximum Gasteiger partial charge on any atom is 0.248 e. The Balaban J connectivity index is 1.72. The molecule has 0 atom stereocenters. The van der Waals surface area contributed by atoms with E-state index >= 15 is 0 Å². The Morgan fingerprint density at radius 3 is 2.95 bits per heavy atom. The molecule has 0 bridgehead atoms. The van der Waals surface area contributed by atoms with Crippen LogP contribution in [0.2, 0.25) is 0 Å². The number of nitrogens with zero attached hydrogens (tertiary/aromatic N) is 1. The summed E-state index contributed by atoms with van der Waals surface area (Å²) in [6.45, 7) is 1.95. The predicted molar refractivity (Wildman–Crippen MR) is 88.4 cm³/mol. The molecule has 0 saturated heterocycles. The van der Waals surface area contributed by atoms with Crippen molar-refractivity contribution in [2.24, 2.45) is 0 Å². The van der Waals surface area contributed by atoms with Crippen LogP contribution in [0.15, 0.2) is 48.5 Å². The molecule has 5 heteroatoms. The number of rotatable bonds is 3. The fourth-order valence-corrected chi connectivity index (χ4v) is 2.95. The molecule has 3 nitrogen and oxygen atoms in total. The van der Waals surface area contributed by atoms with E-state index in [1.807, 2.05) is 25.1 Å². The number of carbonyl (C=O) groups excluding carboxylic acids is 1. The van der Waals surface area contributed by atoms with Gasteiger partial charge in [0.1, 0.15) is 5.82 Å². The van der Waals surface area contributed by atoms with Crippen LogP contribution in [0.25, 0.3) is 16.3 Å². The minimum atomic E-state index is -0.325. The van der Waals surface area contributed by atoms with Crippen LogP contribution in [0.4, 0.5) is 10.1 Å². The lowest BCUT2D eigenvalue weighted by Gasteiger charge is -2.01. The molecule has 0 spiro atoms. The third-order valence-electron chi connectivity index (χ3n) is 3.04. The van der Waals surface area contributed by atoms with Crippen molar-refractivity contribution in [1.82, 2.24) is 4.98 Å². The standard InChI is InChI=1S/C17H13FN2OS/c1-11-19-15-7-6-14(10-16(15)22-11)20-17(21)8-5-12-3-2-4-13(18)9-12/h2-10H,1H3,(H,20,21)/b8-5+. The van der Waals surface area contributed by atoms with E-state index in [0.29, 0.717) is 11.3 Å². The van der Waals surface area contributed by atoms with E-state index in [0.717, 1.165) is 15.2 Å². The molecule has 3 rings (SSSR count). The lowest BCUT2D eigenvalue weighted by Crippen LogP contribution is -2.07. The highest BCUT2D eigenvalue weighted by Crippen LogP contribution is 2.24. The summed E-state index contributed by atoms with van der Waals surface area (Å²) in [6, 6.07) is 11.7. The Morgan fingerprint density at radius 2 is 2.14 bits per heavy atom. The third kappa shape index (κ3) is 3.38. The first-order valence-electron chi connectivity index (χ1n) is 6.72. The molecule has 1 amide bonds. The molecule has 2 aromatic carbocycles. The zero-order valence-electron chi connectivity index (χ0n) is 11.8. The van der Waals surface area contributed by atoms with Gasteiger partial charge in [-0.2, -0.15) is 0 Å². The van der Waals surface area contributed by atoms with Crippen molar-refractivity contribution < 1.29 is 9.18 Å². The van der Waals surface area contributed by atoms with Crippen LogP contribution in [0.1, 0.15) is 10.6 Å².